The third kappa shape index (κ3) is 30.2. The number of rotatable bonds is 40. The number of unbranched alkanes of at least 4 members (excludes halogenated alkanes) is 27. The van der Waals surface area contributed by atoms with Gasteiger partial charge in [0.25, 0.3) is 0 Å². The molecule has 1 aliphatic rings. The topological polar surface area (TPSA) is 152 Å². The number of hydrogen-bond donors (Lipinski definition) is 4. The maximum Gasteiger partial charge on any atom is 0.306 e. The Morgan fingerprint density at radius 3 is 1.39 bits per heavy atom. The van der Waals surface area contributed by atoms with Gasteiger partial charge in [0.2, 0.25) is 0 Å². The number of esters is 2. The second-order valence-corrected chi connectivity index (χ2v) is 16.6. The molecule has 10 heteroatoms. The van der Waals surface area contributed by atoms with E-state index >= 15 is 0 Å². The third-order valence-electron chi connectivity index (χ3n) is 11.2. The minimum absolute atomic E-state index is 0.214. The molecule has 0 aromatic heterocycles. The van der Waals surface area contributed by atoms with Crippen molar-refractivity contribution in [2.75, 3.05) is 19.8 Å². The first-order valence-corrected chi connectivity index (χ1v) is 23.8. The summed E-state index contributed by atoms with van der Waals surface area (Å²) < 4.78 is 22.2. The zero-order valence-corrected chi connectivity index (χ0v) is 36.6. The smallest absolute Gasteiger partial charge is 0.306 e. The molecule has 1 saturated heterocycles. The highest BCUT2D eigenvalue weighted by molar-refractivity contribution is 5.70. The summed E-state index contributed by atoms with van der Waals surface area (Å²) in [4.78, 5) is 25.4. The van der Waals surface area contributed by atoms with Crippen molar-refractivity contribution in [2.24, 2.45) is 0 Å². The van der Waals surface area contributed by atoms with Crippen molar-refractivity contribution in [3.63, 3.8) is 0 Å². The van der Waals surface area contributed by atoms with Crippen molar-refractivity contribution in [1.29, 1.82) is 0 Å². The number of allylic oxidation sites excluding steroid dienone is 2. The van der Waals surface area contributed by atoms with Gasteiger partial charge in [0.05, 0.1) is 13.2 Å². The van der Waals surface area contributed by atoms with Crippen LogP contribution in [0.5, 0.6) is 0 Å². The van der Waals surface area contributed by atoms with Crippen molar-refractivity contribution in [3.05, 3.63) is 12.2 Å². The summed E-state index contributed by atoms with van der Waals surface area (Å²) in [6.45, 7) is 3.44. The molecule has 2 unspecified atom stereocenters. The molecule has 6 atom stereocenters. The monoisotopic (exact) mass is 813 g/mol. The van der Waals surface area contributed by atoms with Crippen molar-refractivity contribution in [1.82, 2.24) is 0 Å². The molecule has 0 amide bonds. The van der Waals surface area contributed by atoms with Gasteiger partial charge in [0, 0.05) is 12.8 Å². The van der Waals surface area contributed by atoms with Crippen LogP contribution in [-0.2, 0) is 28.5 Å². The van der Waals surface area contributed by atoms with E-state index in [-0.39, 0.29) is 32.0 Å². The summed E-state index contributed by atoms with van der Waals surface area (Å²) in [5.74, 6) is -0.800. The normalized spacial score (nSPS) is 20.3. The fourth-order valence-electron chi connectivity index (χ4n) is 7.36. The molecule has 0 radical (unpaired) electrons. The van der Waals surface area contributed by atoms with E-state index in [0.717, 1.165) is 51.4 Å². The van der Waals surface area contributed by atoms with Gasteiger partial charge in [-0.25, -0.2) is 0 Å². The highest BCUT2D eigenvalue weighted by atomic mass is 16.7. The van der Waals surface area contributed by atoms with Gasteiger partial charge in [-0.2, -0.15) is 0 Å². The molecule has 0 aliphatic carbocycles. The van der Waals surface area contributed by atoms with Gasteiger partial charge < -0.3 is 39.4 Å². The maximum absolute atomic E-state index is 12.8. The minimum Gasteiger partial charge on any atom is -0.462 e. The summed E-state index contributed by atoms with van der Waals surface area (Å²) in [7, 11) is 0. The van der Waals surface area contributed by atoms with Gasteiger partial charge >= 0.3 is 11.9 Å². The number of carbonyl (C=O) groups excluding carboxylic acids is 2. The summed E-state index contributed by atoms with van der Waals surface area (Å²) in [5, 5.41) is 40.1. The lowest BCUT2D eigenvalue weighted by Crippen LogP contribution is -2.59. The molecule has 0 bridgehead atoms. The quantitative estimate of drug-likeness (QED) is 0.0267. The first-order valence-electron chi connectivity index (χ1n) is 23.8. The number of aliphatic hydroxyl groups is 4. The molecule has 0 aromatic carbocycles. The van der Waals surface area contributed by atoms with Gasteiger partial charge in [0.15, 0.2) is 12.4 Å². The first kappa shape index (κ1) is 53.5. The minimum atomic E-state index is -1.59. The molecule has 1 fully saturated rings. The molecule has 0 saturated carbocycles. The Hall–Kier alpha value is -1.56. The first-order chi connectivity index (χ1) is 27.8. The molecule has 1 rings (SSSR count). The molecule has 0 aromatic rings. The van der Waals surface area contributed by atoms with Gasteiger partial charge in [-0.05, 0) is 38.5 Å². The average Bonchev–Trinajstić information content (AvgIpc) is 3.21. The zero-order valence-electron chi connectivity index (χ0n) is 36.6. The van der Waals surface area contributed by atoms with Gasteiger partial charge in [-0.3, -0.25) is 9.59 Å². The van der Waals surface area contributed by atoms with Crippen LogP contribution in [0.1, 0.15) is 219 Å². The lowest BCUT2D eigenvalue weighted by Gasteiger charge is -2.39. The molecule has 57 heavy (non-hydrogen) atoms. The van der Waals surface area contributed by atoms with E-state index in [1.807, 2.05) is 0 Å². The largest absolute Gasteiger partial charge is 0.462 e. The van der Waals surface area contributed by atoms with Crippen molar-refractivity contribution in [2.45, 2.75) is 256 Å². The summed E-state index contributed by atoms with van der Waals surface area (Å²) in [6, 6.07) is 0. The standard InChI is InChI=1S/C47H88O10/c1-3-5-7-9-11-13-15-17-19-20-22-24-26-28-30-32-34-36-43(50)56-40(39-55-47-46(53)45(52)44(51)41(37-48)57-47)38-54-42(49)35-33-31-29-27-25-23-21-18-16-14-12-10-8-6-4-2/h14,16,40-41,44-48,51-53H,3-13,15,17-39H2,1-2H3/b16-14+/t40-,41-,44+,45?,46?,47-/m1/s1. The van der Waals surface area contributed by atoms with E-state index in [4.69, 9.17) is 18.9 Å². The van der Waals surface area contributed by atoms with Crippen LogP contribution in [0.4, 0.5) is 0 Å². The van der Waals surface area contributed by atoms with Crippen LogP contribution in [0.3, 0.4) is 0 Å². The number of aliphatic hydroxyl groups excluding tert-OH is 4. The fraction of sp³-hybridized carbons (Fsp3) is 0.915. The summed E-state index contributed by atoms with van der Waals surface area (Å²) >= 11 is 0. The lowest BCUT2D eigenvalue weighted by atomic mass is 9.99. The predicted molar refractivity (Wildman–Crippen MR) is 229 cm³/mol. The molecule has 10 nitrogen and oxygen atoms in total. The Morgan fingerprint density at radius 2 is 0.930 bits per heavy atom. The second-order valence-electron chi connectivity index (χ2n) is 16.6. The van der Waals surface area contributed by atoms with Crippen molar-refractivity contribution < 1.29 is 49.0 Å². The van der Waals surface area contributed by atoms with Gasteiger partial charge in [-0.15, -0.1) is 0 Å². The second kappa shape index (κ2) is 38.6. The molecule has 0 spiro atoms. The van der Waals surface area contributed by atoms with Crippen LogP contribution in [0, 0.1) is 0 Å². The highest BCUT2D eigenvalue weighted by Gasteiger charge is 2.44. The maximum atomic E-state index is 12.8. The molecule has 336 valence electrons. The van der Waals surface area contributed by atoms with Crippen LogP contribution < -0.4 is 0 Å². The average molecular weight is 813 g/mol. The van der Waals surface area contributed by atoms with Crippen LogP contribution in [0.15, 0.2) is 12.2 Å². The molecular weight excluding hydrogens is 725 g/mol. The van der Waals surface area contributed by atoms with E-state index in [0.29, 0.717) is 6.42 Å². The van der Waals surface area contributed by atoms with Crippen LogP contribution in [0.25, 0.3) is 0 Å². The molecule has 4 N–H and O–H groups in total. The van der Waals surface area contributed by atoms with Crippen LogP contribution >= 0.6 is 0 Å². The van der Waals surface area contributed by atoms with Crippen LogP contribution in [-0.4, -0.2) is 89.0 Å². The predicted octanol–water partition coefficient (Wildman–Crippen LogP) is 10.3. The van der Waals surface area contributed by atoms with Crippen molar-refractivity contribution >= 4 is 11.9 Å². The number of carbonyl (C=O) groups is 2. The van der Waals surface area contributed by atoms with E-state index in [2.05, 4.69) is 26.0 Å². The third-order valence-corrected chi connectivity index (χ3v) is 11.2. The SMILES string of the molecule is CCCCCC/C=C/CCCCCCCCCC(=O)OC[C@H](CO[C@@H]1O[C@H](CO)[C@H](O)C(O)C1O)OC(=O)CCCCCCCCCCCCCCCCCCC. The summed E-state index contributed by atoms with van der Waals surface area (Å²) in [5.41, 5.74) is 0. The number of ether oxygens (including phenoxy) is 4. The Morgan fingerprint density at radius 1 is 0.526 bits per heavy atom. The lowest BCUT2D eigenvalue weighted by molar-refractivity contribution is -0.305. The zero-order chi connectivity index (χ0) is 41.6. The molecule has 1 aliphatic heterocycles. The van der Waals surface area contributed by atoms with E-state index < -0.39 is 49.4 Å². The Balaban J connectivity index is 2.29. The molecule has 1 heterocycles. The van der Waals surface area contributed by atoms with Gasteiger partial charge in [-0.1, -0.05) is 180 Å². The Labute approximate surface area is 348 Å². The van der Waals surface area contributed by atoms with Crippen molar-refractivity contribution in [3.8, 4) is 0 Å². The highest BCUT2D eigenvalue weighted by Crippen LogP contribution is 2.23. The Kier molecular flexibility index (Phi) is 36.2. The number of hydrogen-bond acceptors (Lipinski definition) is 10. The summed E-state index contributed by atoms with van der Waals surface area (Å²) in [6.07, 6.45) is 33.5. The van der Waals surface area contributed by atoms with E-state index in [1.165, 1.54) is 135 Å². The van der Waals surface area contributed by atoms with E-state index in [1.54, 1.807) is 0 Å². The van der Waals surface area contributed by atoms with Crippen LogP contribution in [0.2, 0.25) is 0 Å². The molecular formula is C47H88O10. The van der Waals surface area contributed by atoms with Gasteiger partial charge in [0.1, 0.15) is 31.0 Å². The Bertz CT molecular complexity index is 943. The van der Waals surface area contributed by atoms with E-state index in [9.17, 15) is 30.0 Å². The fourth-order valence-corrected chi connectivity index (χ4v) is 7.36.